The number of hydrogen-bond acceptors (Lipinski definition) is 4. The Balaban J connectivity index is 1.65. The molecule has 1 heterocycles. The average Bonchev–Trinajstić information content (AvgIpc) is 3.32. The molecule has 1 aliphatic rings. The molecule has 0 saturated heterocycles. The molecule has 0 atom stereocenters. The molecule has 0 unspecified atom stereocenters. The predicted molar refractivity (Wildman–Crippen MR) is 87.3 cm³/mol. The van der Waals surface area contributed by atoms with Crippen LogP contribution in [-0.2, 0) is 16.0 Å². The van der Waals surface area contributed by atoms with Gasteiger partial charge in [-0.25, -0.2) is 8.78 Å². The molecular formula is C17H25F2N3O3. The van der Waals surface area contributed by atoms with Gasteiger partial charge in [0.25, 0.3) is 0 Å². The number of nitrogens with zero attached hydrogens (tertiary/aromatic N) is 3. The van der Waals surface area contributed by atoms with Gasteiger partial charge < -0.3 is 14.3 Å². The van der Waals surface area contributed by atoms with Gasteiger partial charge >= 0.3 is 0 Å². The summed E-state index contributed by atoms with van der Waals surface area (Å²) in [5.41, 5.74) is 0.637. The van der Waals surface area contributed by atoms with Gasteiger partial charge in [0.15, 0.2) is 0 Å². The Morgan fingerprint density at radius 2 is 1.88 bits per heavy atom. The lowest BCUT2D eigenvalue weighted by atomic mass is 10.2. The third-order valence-electron chi connectivity index (χ3n) is 4.30. The first kappa shape index (κ1) is 19.3. The summed E-state index contributed by atoms with van der Waals surface area (Å²) in [4.78, 5) is 26.8. The standard InChI is InChI=1S/C17H25F2N3O3/c1-21(16(23)7-6-15(18)19)8-3-9-22(2)17(24)11-13-10-14(25-20-13)12-4-5-12/h10,12,15H,3-9,11H2,1-2H3. The molecule has 25 heavy (non-hydrogen) atoms. The van der Waals surface area contributed by atoms with Crippen LogP contribution in [0.4, 0.5) is 8.78 Å². The van der Waals surface area contributed by atoms with Crippen molar-refractivity contribution in [2.45, 2.75) is 50.9 Å². The molecule has 0 aliphatic heterocycles. The van der Waals surface area contributed by atoms with Crippen molar-refractivity contribution in [3.63, 3.8) is 0 Å². The highest BCUT2D eigenvalue weighted by atomic mass is 19.3. The van der Waals surface area contributed by atoms with Gasteiger partial charge in [-0.15, -0.1) is 0 Å². The van der Waals surface area contributed by atoms with Gasteiger partial charge in [0, 0.05) is 52.0 Å². The summed E-state index contributed by atoms with van der Waals surface area (Å²) >= 11 is 0. The second kappa shape index (κ2) is 8.92. The lowest BCUT2D eigenvalue weighted by Crippen LogP contribution is -2.33. The van der Waals surface area contributed by atoms with Crippen molar-refractivity contribution in [3.05, 3.63) is 17.5 Å². The Morgan fingerprint density at radius 3 is 2.48 bits per heavy atom. The van der Waals surface area contributed by atoms with Crippen molar-refractivity contribution < 1.29 is 22.9 Å². The molecule has 0 radical (unpaired) electrons. The molecule has 8 heteroatoms. The minimum atomic E-state index is -2.46. The highest BCUT2D eigenvalue weighted by molar-refractivity contribution is 5.78. The fourth-order valence-corrected chi connectivity index (χ4v) is 2.48. The Kier molecular flexibility index (Phi) is 6.90. The molecule has 1 saturated carbocycles. The van der Waals surface area contributed by atoms with E-state index in [2.05, 4.69) is 5.16 Å². The summed E-state index contributed by atoms with van der Waals surface area (Å²) in [6.45, 7) is 0.911. The molecule has 1 fully saturated rings. The Morgan fingerprint density at radius 1 is 1.24 bits per heavy atom. The van der Waals surface area contributed by atoms with Crippen LogP contribution in [0.1, 0.15) is 49.5 Å². The van der Waals surface area contributed by atoms with E-state index < -0.39 is 12.8 Å². The Bertz CT molecular complexity index is 587. The van der Waals surface area contributed by atoms with E-state index >= 15 is 0 Å². The van der Waals surface area contributed by atoms with Crippen molar-refractivity contribution in [3.8, 4) is 0 Å². The molecule has 1 aromatic rings. The lowest BCUT2D eigenvalue weighted by Gasteiger charge is -2.20. The first-order chi connectivity index (χ1) is 11.9. The van der Waals surface area contributed by atoms with Crippen molar-refractivity contribution in [1.82, 2.24) is 15.0 Å². The van der Waals surface area contributed by atoms with Gasteiger partial charge in [0.05, 0.1) is 12.1 Å². The monoisotopic (exact) mass is 357 g/mol. The maximum atomic E-state index is 12.2. The number of hydrogen-bond donors (Lipinski definition) is 0. The fraction of sp³-hybridized carbons (Fsp3) is 0.706. The van der Waals surface area contributed by atoms with E-state index in [1.807, 2.05) is 6.07 Å². The number of likely N-dealkylation sites (N-methyl/N-ethyl adjacent to an activating group) is 1. The zero-order valence-electron chi connectivity index (χ0n) is 14.7. The Hall–Kier alpha value is -1.99. The van der Waals surface area contributed by atoms with Crippen molar-refractivity contribution in [2.24, 2.45) is 0 Å². The number of carbonyl (C=O) groups is 2. The van der Waals surface area contributed by atoms with E-state index in [1.54, 1.807) is 19.0 Å². The summed E-state index contributed by atoms with van der Waals surface area (Å²) in [5.74, 6) is 0.952. The molecule has 2 rings (SSSR count). The highest BCUT2D eigenvalue weighted by Crippen LogP contribution is 2.40. The van der Waals surface area contributed by atoms with Crippen LogP contribution in [0.2, 0.25) is 0 Å². The van der Waals surface area contributed by atoms with Gasteiger partial charge in [0.2, 0.25) is 18.2 Å². The molecule has 0 bridgehead atoms. The number of halogens is 2. The maximum absolute atomic E-state index is 12.2. The molecule has 0 spiro atoms. The molecule has 1 aromatic heterocycles. The smallest absolute Gasteiger partial charge is 0.239 e. The number of amides is 2. The van der Waals surface area contributed by atoms with Gasteiger partial charge in [-0.1, -0.05) is 5.16 Å². The SMILES string of the molecule is CN(CCCN(C)C(=O)Cc1cc(C2CC2)on1)C(=O)CCC(F)F. The number of aromatic nitrogens is 1. The van der Waals surface area contributed by atoms with Crippen molar-refractivity contribution in [2.75, 3.05) is 27.2 Å². The summed E-state index contributed by atoms with van der Waals surface area (Å²) in [7, 11) is 3.28. The van der Waals surface area contributed by atoms with Crippen LogP contribution in [0.3, 0.4) is 0 Å². The summed E-state index contributed by atoms with van der Waals surface area (Å²) in [6, 6.07) is 1.85. The maximum Gasteiger partial charge on any atom is 0.239 e. The Labute approximate surface area is 146 Å². The van der Waals surface area contributed by atoms with Crippen LogP contribution in [0.25, 0.3) is 0 Å². The van der Waals surface area contributed by atoms with Gasteiger partial charge in [-0.2, -0.15) is 0 Å². The molecule has 6 nitrogen and oxygen atoms in total. The van der Waals surface area contributed by atoms with Crippen molar-refractivity contribution >= 4 is 11.8 Å². The van der Waals surface area contributed by atoms with E-state index in [1.165, 1.54) is 4.90 Å². The molecule has 0 N–H and O–H groups in total. The van der Waals surface area contributed by atoms with Crippen LogP contribution >= 0.6 is 0 Å². The van der Waals surface area contributed by atoms with Crippen LogP contribution in [-0.4, -0.2) is 60.4 Å². The number of carbonyl (C=O) groups excluding carboxylic acids is 2. The van der Waals surface area contributed by atoms with Crippen molar-refractivity contribution in [1.29, 1.82) is 0 Å². The minimum absolute atomic E-state index is 0.0673. The third-order valence-corrected chi connectivity index (χ3v) is 4.30. The molecular weight excluding hydrogens is 332 g/mol. The van der Waals surface area contributed by atoms with Gasteiger partial charge in [-0.05, 0) is 19.3 Å². The van der Waals surface area contributed by atoms with Crippen LogP contribution in [0.15, 0.2) is 10.6 Å². The molecule has 140 valence electrons. The second-order valence-electron chi connectivity index (χ2n) is 6.59. The highest BCUT2D eigenvalue weighted by Gasteiger charge is 2.28. The van der Waals surface area contributed by atoms with Gasteiger partial charge in [0.1, 0.15) is 5.76 Å². The fourth-order valence-electron chi connectivity index (χ4n) is 2.48. The average molecular weight is 357 g/mol. The van der Waals surface area contributed by atoms with Crippen LogP contribution in [0.5, 0.6) is 0 Å². The van der Waals surface area contributed by atoms with E-state index in [0.29, 0.717) is 31.1 Å². The summed E-state index contributed by atoms with van der Waals surface area (Å²) in [5, 5.41) is 3.93. The molecule has 1 aliphatic carbocycles. The second-order valence-corrected chi connectivity index (χ2v) is 6.59. The predicted octanol–water partition coefficient (Wildman–Crippen LogP) is 2.45. The lowest BCUT2D eigenvalue weighted by molar-refractivity contribution is -0.130. The summed E-state index contributed by atoms with van der Waals surface area (Å²) in [6.07, 6.45) is -0.0159. The quantitative estimate of drug-likeness (QED) is 0.645. The molecule has 2 amide bonds. The largest absolute Gasteiger partial charge is 0.361 e. The topological polar surface area (TPSA) is 66.7 Å². The van der Waals surface area contributed by atoms with Gasteiger partial charge in [-0.3, -0.25) is 9.59 Å². The van der Waals surface area contributed by atoms with E-state index in [-0.39, 0.29) is 24.7 Å². The summed E-state index contributed by atoms with van der Waals surface area (Å²) < 4.78 is 29.4. The van der Waals surface area contributed by atoms with E-state index in [4.69, 9.17) is 4.52 Å². The van der Waals surface area contributed by atoms with Crippen LogP contribution < -0.4 is 0 Å². The third kappa shape index (κ3) is 6.43. The zero-order chi connectivity index (χ0) is 18.4. The minimum Gasteiger partial charge on any atom is -0.361 e. The molecule has 0 aromatic carbocycles. The number of rotatable bonds is 10. The zero-order valence-corrected chi connectivity index (χ0v) is 14.7. The van der Waals surface area contributed by atoms with Crippen LogP contribution in [0, 0.1) is 0 Å². The first-order valence-electron chi connectivity index (χ1n) is 8.58. The normalized spacial score (nSPS) is 14.0. The first-order valence-corrected chi connectivity index (χ1v) is 8.58. The number of alkyl halides is 2. The van der Waals surface area contributed by atoms with E-state index in [9.17, 15) is 18.4 Å². The van der Waals surface area contributed by atoms with E-state index in [0.717, 1.165) is 18.6 Å².